The van der Waals surface area contributed by atoms with Gasteiger partial charge in [0.2, 0.25) is 9.04 Å². The maximum absolute atomic E-state index is 9.50. The summed E-state index contributed by atoms with van der Waals surface area (Å²) in [4.78, 5) is 9.50. The molecule has 0 amide bonds. The van der Waals surface area contributed by atoms with Crippen molar-refractivity contribution in [1.29, 1.82) is 0 Å². The highest BCUT2D eigenvalue weighted by Gasteiger charge is 2.09. The summed E-state index contributed by atoms with van der Waals surface area (Å²) < 4.78 is 2.38. The first kappa shape index (κ1) is 12.5. The van der Waals surface area contributed by atoms with Crippen LogP contribution in [0.4, 0.5) is 0 Å². The van der Waals surface area contributed by atoms with Crippen molar-refractivity contribution in [2.75, 3.05) is 0 Å². The summed E-state index contributed by atoms with van der Waals surface area (Å²) in [5, 5.41) is 2.65. The van der Waals surface area contributed by atoms with Gasteiger partial charge in [0.05, 0.1) is 0 Å². The molecule has 3 rings (SSSR count). The van der Waals surface area contributed by atoms with E-state index in [1.807, 2.05) is 6.55 Å². The van der Waals surface area contributed by atoms with Gasteiger partial charge in [0.1, 0.15) is 0 Å². The molecule has 1 N–H and O–H groups in total. The molecular formula is C16H18NOSi. The molecule has 0 saturated heterocycles. The second-order valence-corrected chi connectivity index (χ2v) is 7.00. The lowest BCUT2D eigenvalue weighted by Crippen LogP contribution is -2.07. The topological polar surface area (TPSA) is 25.2 Å². The number of nitrogens with zero attached hydrogens (tertiary/aromatic N) is 1. The van der Waals surface area contributed by atoms with Crippen molar-refractivity contribution < 1.29 is 4.80 Å². The molecule has 2 aromatic carbocycles. The largest absolute Gasteiger partial charge is 0.432 e. The first-order chi connectivity index (χ1) is 9.27. The molecule has 0 bridgehead atoms. The Kier molecular flexibility index (Phi) is 3.40. The van der Waals surface area contributed by atoms with E-state index in [0.717, 1.165) is 19.0 Å². The molecule has 0 aliphatic carbocycles. The zero-order valence-electron chi connectivity index (χ0n) is 11.1. The molecule has 0 saturated carbocycles. The minimum atomic E-state index is -1.11. The highest BCUT2D eigenvalue weighted by atomic mass is 28.3. The summed E-state index contributed by atoms with van der Waals surface area (Å²) in [6.45, 7) is 2.94. The molecule has 3 heteroatoms. The average Bonchev–Trinajstić information content (AvgIpc) is 2.74. The molecule has 1 radical (unpaired) electrons. The summed E-state index contributed by atoms with van der Waals surface area (Å²) in [6.07, 6.45) is 1.05. The van der Waals surface area contributed by atoms with Gasteiger partial charge < -0.3 is 9.36 Å². The fraction of sp³-hybridized carbons (Fsp3) is 0.250. The zero-order valence-corrected chi connectivity index (χ0v) is 12.1. The van der Waals surface area contributed by atoms with Crippen LogP contribution >= 0.6 is 0 Å². The number of aromatic nitrogens is 1. The Labute approximate surface area is 115 Å². The minimum Gasteiger partial charge on any atom is -0.432 e. The lowest BCUT2D eigenvalue weighted by Gasteiger charge is -2.07. The average molecular weight is 268 g/mol. The molecule has 0 atom stereocenters. The minimum absolute atomic E-state index is 0.950. The van der Waals surface area contributed by atoms with Gasteiger partial charge in [-0.25, -0.2) is 0 Å². The van der Waals surface area contributed by atoms with Crippen LogP contribution in [0.2, 0.25) is 12.6 Å². The first-order valence-electron chi connectivity index (χ1n) is 6.75. The normalized spacial score (nSPS) is 11.7. The van der Waals surface area contributed by atoms with Crippen LogP contribution in [0.25, 0.3) is 21.8 Å². The first-order valence-corrected chi connectivity index (χ1v) is 8.90. The molecule has 1 aromatic heterocycles. The van der Waals surface area contributed by atoms with E-state index >= 15 is 0 Å². The predicted molar refractivity (Wildman–Crippen MR) is 82.7 cm³/mol. The van der Waals surface area contributed by atoms with Gasteiger partial charge in [0.25, 0.3) is 0 Å². The summed E-state index contributed by atoms with van der Waals surface area (Å²) in [7, 11) is -1.11. The molecule has 2 nitrogen and oxygen atoms in total. The molecule has 0 aliphatic heterocycles. The van der Waals surface area contributed by atoms with Crippen molar-refractivity contribution in [3.63, 3.8) is 0 Å². The lowest BCUT2D eigenvalue weighted by atomic mass is 10.2. The van der Waals surface area contributed by atoms with Crippen molar-refractivity contribution >= 4 is 30.8 Å². The molecule has 1 heterocycles. The Bertz CT molecular complexity index is 649. The Balaban J connectivity index is 2.09. The Morgan fingerprint density at radius 2 is 1.47 bits per heavy atom. The summed E-state index contributed by atoms with van der Waals surface area (Å²) in [5.74, 6) is 0. The van der Waals surface area contributed by atoms with Crippen LogP contribution in [0.15, 0.2) is 48.5 Å². The third-order valence-corrected chi connectivity index (χ3v) is 4.68. The van der Waals surface area contributed by atoms with Gasteiger partial charge in [-0.2, -0.15) is 0 Å². The molecule has 97 valence electrons. The van der Waals surface area contributed by atoms with Crippen LogP contribution in [0.3, 0.4) is 0 Å². The van der Waals surface area contributed by atoms with Crippen molar-refractivity contribution in [3.05, 3.63) is 48.5 Å². The maximum atomic E-state index is 9.50. The third-order valence-electron chi connectivity index (χ3n) is 3.60. The molecule has 0 aliphatic rings. The summed E-state index contributed by atoms with van der Waals surface area (Å²) in [5.41, 5.74) is 2.60. The highest BCUT2D eigenvalue weighted by molar-refractivity contribution is 6.48. The Morgan fingerprint density at radius 1 is 0.947 bits per heavy atom. The fourth-order valence-corrected chi connectivity index (χ4v) is 3.41. The van der Waals surface area contributed by atoms with Crippen molar-refractivity contribution in [3.8, 4) is 0 Å². The predicted octanol–water partition coefficient (Wildman–Crippen LogP) is 3.80. The van der Waals surface area contributed by atoms with E-state index < -0.39 is 9.04 Å². The number of fused-ring (bicyclic) bond motifs is 3. The van der Waals surface area contributed by atoms with Gasteiger partial charge in [0, 0.05) is 28.4 Å². The van der Waals surface area contributed by atoms with E-state index in [1.165, 1.54) is 21.8 Å². The Hall–Kier alpha value is -1.58. The van der Waals surface area contributed by atoms with Crippen molar-refractivity contribution in [1.82, 2.24) is 4.57 Å². The zero-order chi connectivity index (χ0) is 13.2. The lowest BCUT2D eigenvalue weighted by molar-refractivity contribution is 0.565. The number of aryl methyl sites for hydroxylation is 1. The number of para-hydroxylation sites is 2. The molecule has 0 spiro atoms. The van der Waals surface area contributed by atoms with E-state index in [0.29, 0.717) is 0 Å². The van der Waals surface area contributed by atoms with E-state index in [9.17, 15) is 4.80 Å². The van der Waals surface area contributed by atoms with Crippen LogP contribution in [0.1, 0.15) is 6.42 Å². The monoisotopic (exact) mass is 268 g/mol. The molecule has 3 aromatic rings. The van der Waals surface area contributed by atoms with Crippen LogP contribution < -0.4 is 0 Å². The van der Waals surface area contributed by atoms with Gasteiger partial charge in [-0.3, -0.25) is 0 Å². The van der Waals surface area contributed by atoms with Crippen LogP contribution in [-0.4, -0.2) is 18.4 Å². The van der Waals surface area contributed by atoms with Crippen molar-refractivity contribution in [2.24, 2.45) is 0 Å². The molecule has 19 heavy (non-hydrogen) atoms. The van der Waals surface area contributed by atoms with E-state index in [2.05, 4.69) is 53.1 Å². The number of benzene rings is 2. The van der Waals surface area contributed by atoms with E-state index in [-0.39, 0.29) is 0 Å². The highest BCUT2D eigenvalue weighted by Crippen LogP contribution is 2.28. The Morgan fingerprint density at radius 3 is 2.00 bits per heavy atom. The SMILES string of the molecule is C[Si](O)CCCn1c2ccccc2c2ccccc21. The van der Waals surface area contributed by atoms with Crippen LogP contribution in [0.5, 0.6) is 0 Å². The van der Waals surface area contributed by atoms with Crippen molar-refractivity contribution in [2.45, 2.75) is 25.6 Å². The van der Waals surface area contributed by atoms with Gasteiger partial charge in [-0.05, 0) is 31.1 Å². The molecular weight excluding hydrogens is 250 g/mol. The third kappa shape index (κ3) is 2.31. The number of hydrogen-bond acceptors (Lipinski definition) is 1. The number of rotatable bonds is 4. The summed E-state index contributed by atoms with van der Waals surface area (Å²) in [6, 6.07) is 18.1. The smallest absolute Gasteiger partial charge is 0.203 e. The van der Waals surface area contributed by atoms with Gasteiger partial charge in [-0.1, -0.05) is 36.4 Å². The van der Waals surface area contributed by atoms with Crippen LogP contribution in [-0.2, 0) is 6.54 Å². The molecule has 0 unspecified atom stereocenters. The van der Waals surface area contributed by atoms with E-state index in [4.69, 9.17) is 0 Å². The van der Waals surface area contributed by atoms with Crippen LogP contribution in [0, 0.1) is 0 Å². The maximum Gasteiger partial charge on any atom is 0.203 e. The quantitative estimate of drug-likeness (QED) is 0.715. The summed E-state index contributed by atoms with van der Waals surface area (Å²) >= 11 is 0. The number of hydrogen-bond donors (Lipinski definition) is 1. The van der Waals surface area contributed by atoms with Gasteiger partial charge in [0.15, 0.2) is 0 Å². The second kappa shape index (κ2) is 5.19. The van der Waals surface area contributed by atoms with Gasteiger partial charge in [-0.15, -0.1) is 0 Å². The standard InChI is InChI=1S/C16H18NOSi/c1-19(18)12-6-11-17-15-9-4-2-7-13(15)14-8-3-5-10-16(14)17/h2-5,7-10,18H,6,11-12H2,1H3. The second-order valence-electron chi connectivity index (χ2n) is 5.02. The molecule has 0 fully saturated rings. The van der Waals surface area contributed by atoms with Gasteiger partial charge >= 0.3 is 0 Å². The van der Waals surface area contributed by atoms with E-state index in [1.54, 1.807) is 0 Å². The fourth-order valence-electron chi connectivity index (χ4n) is 2.74.